The molecule has 0 radical (unpaired) electrons. The molecular formula is C21H25NO2S. The first-order chi connectivity index (χ1) is 12.1. The number of benzene rings is 2. The molecule has 4 heteroatoms. The first-order valence-corrected chi connectivity index (χ1v) is 9.98. The van der Waals surface area contributed by atoms with Gasteiger partial charge >= 0.3 is 0 Å². The topological polar surface area (TPSA) is 29.5 Å². The normalized spacial score (nSPS) is 14.8. The molecule has 1 fully saturated rings. The van der Waals surface area contributed by atoms with E-state index in [1.165, 1.54) is 4.90 Å². The number of hydrogen-bond donors (Lipinski definition) is 0. The molecule has 0 amide bonds. The van der Waals surface area contributed by atoms with Crippen molar-refractivity contribution in [1.82, 2.24) is 0 Å². The van der Waals surface area contributed by atoms with Gasteiger partial charge in [-0.1, -0.05) is 38.1 Å². The zero-order valence-electron chi connectivity index (χ0n) is 15.1. The second-order valence-corrected chi connectivity index (χ2v) is 7.43. The summed E-state index contributed by atoms with van der Waals surface area (Å²) >= 11 is 1.74. The Balaban J connectivity index is 2.12. The van der Waals surface area contributed by atoms with Crippen molar-refractivity contribution in [2.75, 3.05) is 37.5 Å². The molecule has 0 saturated carbocycles. The van der Waals surface area contributed by atoms with E-state index in [0.717, 1.165) is 35.5 Å². The lowest BCUT2D eigenvalue weighted by atomic mass is 9.93. The van der Waals surface area contributed by atoms with Crippen LogP contribution in [0.25, 0.3) is 11.1 Å². The van der Waals surface area contributed by atoms with E-state index in [2.05, 4.69) is 41.5 Å². The molecule has 3 nitrogen and oxygen atoms in total. The summed E-state index contributed by atoms with van der Waals surface area (Å²) in [5.41, 5.74) is 4.16. The highest BCUT2D eigenvalue weighted by Gasteiger charge is 2.23. The van der Waals surface area contributed by atoms with Gasteiger partial charge in [-0.25, -0.2) is 0 Å². The lowest BCUT2D eigenvalue weighted by Crippen LogP contribution is -2.37. The number of thioether (sulfide) groups is 1. The van der Waals surface area contributed by atoms with Gasteiger partial charge in [0.15, 0.2) is 5.78 Å². The van der Waals surface area contributed by atoms with Gasteiger partial charge in [-0.2, -0.15) is 0 Å². The summed E-state index contributed by atoms with van der Waals surface area (Å²) in [5, 5.41) is 0. The number of Topliss-reactive ketones (excluding diaryl/α,β-unsaturated/α-hetero) is 1. The molecule has 0 spiro atoms. The molecule has 3 rings (SSSR count). The Morgan fingerprint density at radius 3 is 2.36 bits per heavy atom. The number of carbonyl (C=O) groups excluding carboxylic acids is 1. The van der Waals surface area contributed by atoms with Crippen molar-refractivity contribution in [2.45, 2.75) is 18.7 Å². The minimum absolute atomic E-state index is 0.0195. The molecule has 132 valence electrons. The molecule has 1 heterocycles. The zero-order valence-corrected chi connectivity index (χ0v) is 15.9. The minimum atomic E-state index is -0.0195. The second kappa shape index (κ2) is 8.07. The van der Waals surface area contributed by atoms with Crippen LogP contribution in [0.4, 0.5) is 5.69 Å². The largest absolute Gasteiger partial charge is 0.378 e. The van der Waals surface area contributed by atoms with E-state index in [9.17, 15) is 4.79 Å². The Kier molecular flexibility index (Phi) is 5.82. The number of carbonyl (C=O) groups is 1. The molecule has 0 bridgehead atoms. The zero-order chi connectivity index (χ0) is 17.8. The van der Waals surface area contributed by atoms with Crippen molar-refractivity contribution in [3.05, 3.63) is 48.0 Å². The van der Waals surface area contributed by atoms with Gasteiger partial charge in [-0.3, -0.25) is 4.79 Å². The van der Waals surface area contributed by atoms with Crippen molar-refractivity contribution in [1.29, 1.82) is 0 Å². The van der Waals surface area contributed by atoms with Crippen LogP contribution in [0.2, 0.25) is 0 Å². The maximum atomic E-state index is 12.8. The van der Waals surface area contributed by atoms with Gasteiger partial charge in [-0.15, -0.1) is 11.8 Å². The van der Waals surface area contributed by atoms with Crippen LogP contribution in [0.1, 0.15) is 24.2 Å². The SMILES string of the molecule is CSc1ccc(-c2cccc(C(=O)C(C)C)c2N2CCOCC2)cc1. The Morgan fingerprint density at radius 2 is 1.76 bits per heavy atom. The molecule has 2 aromatic carbocycles. The lowest BCUT2D eigenvalue weighted by Gasteiger charge is -2.32. The van der Waals surface area contributed by atoms with Crippen LogP contribution in [-0.2, 0) is 4.74 Å². The third-order valence-corrected chi connectivity index (χ3v) is 5.30. The van der Waals surface area contributed by atoms with Gasteiger partial charge in [0.1, 0.15) is 0 Å². The van der Waals surface area contributed by atoms with Crippen LogP contribution in [0.3, 0.4) is 0 Å². The standard InChI is InChI=1S/C21H25NO2S/c1-15(2)21(23)19-6-4-5-18(16-7-9-17(25-3)10-8-16)20(19)22-11-13-24-14-12-22/h4-10,15H,11-14H2,1-3H3. The summed E-state index contributed by atoms with van der Waals surface area (Å²) < 4.78 is 5.52. The third kappa shape index (κ3) is 3.91. The van der Waals surface area contributed by atoms with Crippen molar-refractivity contribution in [2.24, 2.45) is 5.92 Å². The molecule has 1 aliphatic rings. The van der Waals surface area contributed by atoms with Gasteiger partial charge < -0.3 is 9.64 Å². The Morgan fingerprint density at radius 1 is 1.08 bits per heavy atom. The average molecular weight is 356 g/mol. The molecule has 25 heavy (non-hydrogen) atoms. The van der Waals surface area contributed by atoms with Crippen LogP contribution >= 0.6 is 11.8 Å². The van der Waals surface area contributed by atoms with E-state index in [1.807, 2.05) is 26.0 Å². The van der Waals surface area contributed by atoms with Crippen molar-refractivity contribution >= 4 is 23.2 Å². The quantitative estimate of drug-likeness (QED) is 0.572. The minimum Gasteiger partial charge on any atom is -0.378 e. The van der Waals surface area contributed by atoms with E-state index < -0.39 is 0 Å². The Labute approximate surface area is 154 Å². The monoisotopic (exact) mass is 355 g/mol. The van der Waals surface area contributed by atoms with Crippen LogP contribution in [0.15, 0.2) is 47.4 Å². The molecular weight excluding hydrogens is 330 g/mol. The fraction of sp³-hybridized carbons (Fsp3) is 0.381. The first kappa shape index (κ1) is 18.0. The predicted octanol–water partition coefficient (Wildman–Crippen LogP) is 4.75. The summed E-state index contributed by atoms with van der Waals surface area (Å²) in [5.74, 6) is 0.179. The predicted molar refractivity (Wildman–Crippen MR) is 106 cm³/mol. The molecule has 0 atom stereocenters. The molecule has 2 aromatic rings. The van der Waals surface area contributed by atoms with Gasteiger partial charge in [0.05, 0.1) is 18.9 Å². The number of hydrogen-bond acceptors (Lipinski definition) is 4. The summed E-state index contributed by atoms with van der Waals surface area (Å²) in [6.45, 7) is 6.97. The number of nitrogens with zero attached hydrogens (tertiary/aromatic N) is 1. The second-order valence-electron chi connectivity index (χ2n) is 6.55. The highest BCUT2D eigenvalue weighted by molar-refractivity contribution is 7.98. The summed E-state index contributed by atoms with van der Waals surface area (Å²) in [6.07, 6.45) is 2.08. The summed E-state index contributed by atoms with van der Waals surface area (Å²) in [6, 6.07) is 14.7. The Hall–Kier alpha value is -1.78. The van der Waals surface area contributed by atoms with Gasteiger partial charge in [0, 0.05) is 35.0 Å². The fourth-order valence-electron chi connectivity index (χ4n) is 3.18. The number of para-hydroxylation sites is 1. The third-order valence-electron chi connectivity index (χ3n) is 4.55. The van der Waals surface area contributed by atoms with Crippen LogP contribution in [0, 0.1) is 5.92 Å². The molecule has 1 aliphatic heterocycles. The maximum absolute atomic E-state index is 12.8. The van der Waals surface area contributed by atoms with E-state index >= 15 is 0 Å². The molecule has 0 aliphatic carbocycles. The highest BCUT2D eigenvalue weighted by Crippen LogP contribution is 2.36. The number of ether oxygens (including phenoxy) is 1. The van der Waals surface area contributed by atoms with E-state index in [1.54, 1.807) is 11.8 Å². The van der Waals surface area contributed by atoms with Gasteiger partial charge in [-0.05, 0) is 30.0 Å². The van der Waals surface area contributed by atoms with E-state index in [4.69, 9.17) is 4.74 Å². The number of morpholine rings is 1. The smallest absolute Gasteiger partial charge is 0.167 e. The lowest BCUT2D eigenvalue weighted by molar-refractivity contribution is 0.0938. The number of anilines is 1. The highest BCUT2D eigenvalue weighted by atomic mass is 32.2. The average Bonchev–Trinajstić information content (AvgIpc) is 2.67. The van der Waals surface area contributed by atoms with E-state index in [0.29, 0.717) is 13.2 Å². The maximum Gasteiger partial charge on any atom is 0.167 e. The molecule has 0 unspecified atom stereocenters. The number of ketones is 1. The number of rotatable bonds is 5. The first-order valence-electron chi connectivity index (χ1n) is 8.76. The fourth-order valence-corrected chi connectivity index (χ4v) is 3.59. The molecule has 1 saturated heterocycles. The van der Waals surface area contributed by atoms with Crippen molar-refractivity contribution in [3.8, 4) is 11.1 Å². The van der Waals surface area contributed by atoms with Crippen molar-refractivity contribution in [3.63, 3.8) is 0 Å². The van der Waals surface area contributed by atoms with Crippen LogP contribution < -0.4 is 4.90 Å². The van der Waals surface area contributed by atoms with Crippen LogP contribution in [-0.4, -0.2) is 38.3 Å². The molecule has 0 aromatic heterocycles. The molecule has 0 N–H and O–H groups in total. The van der Waals surface area contributed by atoms with Crippen molar-refractivity contribution < 1.29 is 9.53 Å². The van der Waals surface area contributed by atoms with Gasteiger partial charge in [0.2, 0.25) is 0 Å². The Bertz CT molecular complexity index is 734. The van der Waals surface area contributed by atoms with Gasteiger partial charge in [0.25, 0.3) is 0 Å². The summed E-state index contributed by atoms with van der Waals surface area (Å²) in [4.78, 5) is 16.4. The van der Waals surface area contributed by atoms with E-state index in [-0.39, 0.29) is 11.7 Å². The summed E-state index contributed by atoms with van der Waals surface area (Å²) in [7, 11) is 0. The van der Waals surface area contributed by atoms with Crippen LogP contribution in [0.5, 0.6) is 0 Å².